The number of nitrogens with zero attached hydrogens (tertiary/aromatic N) is 3. The van der Waals surface area contributed by atoms with Gasteiger partial charge < -0.3 is 9.80 Å². The molecule has 0 amide bonds. The van der Waals surface area contributed by atoms with Gasteiger partial charge in [0.15, 0.2) is 0 Å². The number of hydrogen-bond acceptors (Lipinski definition) is 4. The third-order valence-corrected chi connectivity index (χ3v) is 6.14. The Morgan fingerprint density at radius 3 is 2.16 bits per heavy atom. The van der Waals surface area contributed by atoms with Gasteiger partial charge in [-0.3, -0.25) is 0 Å². The van der Waals surface area contributed by atoms with Crippen molar-refractivity contribution in [1.29, 1.82) is 0 Å². The molecule has 2 rings (SSSR count). The first-order valence-electron chi connectivity index (χ1n) is 7.47. The predicted octanol–water partition coefficient (Wildman–Crippen LogP) is 0.440. The maximum absolute atomic E-state index is 12.2. The molecule has 112 valence electrons. The number of likely N-dealkylation sites (tertiary alicyclic amines) is 1. The highest BCUT2D eigenvalue weighted by Gasteiger charge is 2.25. The average Bonchev–Trinajstić information content (AvgIpc) is 2.40. The largest absolute Gasteiger partial charge is 0.304 e. The summed E-state index contributed by atoms with van der Waals surface area (Å²) < 4.78 is 26.1. The second-order valence-electron chi connectivity index (χ2n) is 5.77. The molecular formula is C13H27N3O2S. The van der Waals surface area contributed by atoms with Crippen LogP contribution >= 0.6 is 0 Å². The Morgan fingerprint density at radius 2 is 1.53 bits per heavy atom. The molecule has 2 aliphatic rings. The minimum absolute atomic E-state index is 0.313. The van der Waals surface area contributed by atoms with Gasteiger partial charge in [0.05, 0.1) is 5.75 Å². The zero-order chi connectivity index (χ0) is 13.7. The standard InChI is InChI=1S/C13H27N3O2S/c1-14-9-11-16(12-10-14)19(17,18)13-5-8-15-6-3-2-4-7-15/h2-13H2,1H3. The van der Waals surface area contributed by atoms with Crippen LogP contribution in [0.15, 0.2) is 0 Å². The lowest BCUT2D eigenvalue weighted by molar-refractivity contribution is 0.219. The molecule has 0 aromatic heterocycles. The van der Waals surface area contributed by atoms with Crippen molar-refractivity contribution >= 4 is 10.0 Å². The molecule has 0 radical (unpaired) electrons. The van der Waals surface area contributed by atoms with Crippen LogP contribution in [-0.4, -0.2) is 81.1 Å². The van der Waals surface area contributed by atoms with Gasteiger partial charge in [-0.1, -0.05) is 6.42 Å². The quantitative estimate of drug-likeness (QED) is 0.737. The van der Waals surface area contributed by atoms with Crippen LogP contribution in [0.4, 0.5) is 0 Å². The van der Waals surface area contributed by atoms with Gasteiger partial charge >= 0.3 is 0 Å². The molecular weight excluding hydrogens is 262 g/mol. The van der Waals surface area contributed by atoms with Crippen molar-refractivity contribution in [3.63, 3.8) is 0 Å². The zero-order valence-electron chi connectivity index (χ0n) is 12.1. The number of sulfonamides is 1. The van der Waals surface area contributed by atoms with Crippen molar-refractivity contribution in [3.05, 3.63) is 0 Å². The highest BCUT2D eigenvalue weighted by atomic mass is 32.2. The van der Waals surface area contributed by atoms with Crippen LogP contribution in [0.1, 0.15) is 25.7 Å². The van der Waals surface area contributed by atoms with E-state index in [0.717, 1.165) is 39.1 Å². The molecule has 0 unspecified atom stereocenters. The number of piperazine rings is 1. The van der Waals surface area contributed by atoms with Crippen molar-refractivity contribution in [2.45, 2.75) is 25.7 Å². The summed E-state index contributed by atoms with van der Waals surface area (Å²) in [5, 5.41) is 0. The summed E-state index contributed by atoms with van der Waals surface area (Å²) in [6.45, 7) is 6.25. The van der Waals surface area contributed by atoms with Gasteiger partial charge in [0.2, 0.25) is 10.0 Å². The molecule has 0 aromatic rings. The first kappa shape index (κ1) is 15.2. The third-order valence-electron chi connectivity index (χ3n) is 4.18. The maximum Gasteiger partial charge on any atom is 0.214 e. The lowest BCUT2D eigenvalue weighted by Crippen LogP contribution is -2.48. The van der Waals surface area contributed by atoms with Crippen molar-refractivity contribution < 1.29 is 8.42 Å². The minimum atomic E-state index is -3.03. The molecule has 2 heterocycles. The fraction of sp³-hybridized carbons (Fsp3) is 1.00. The number of likely N-dealkylation sites (N-methyl/N-ethyl adjacent to an activating group) is 1. The van der Waals surface area contributed by atoms with E-state index in [9.17, 15) is 8.42 Å². The number of hydrogen-bond donors (Lipinski definition) is 0. The second kappa shape index (κ2) is 7.02. The molecule has 0 bridgehead atoms. The summed E-state index contributed by atoms with van der Waals surface area (Å²) in [6.07, 6.45) is 4.64. The third kappa shape index (κ3) is 4.70. The lowest BCUT2D eigenvalue weighted by atomic mass is 10.1. The summed E-state index contributed by atoms with van der Waals surface area (Å²) in [6, 6.07) is 0. The van der Waals surface area contributed by atoms with Crippen molar-refractivity contribution in [3.8, 4) is 0 Å². The molecule has 2 saturated heterocycles. The van der Waals surface area contributed by atoms with E-state index < -0.39 is 10.0 Å². The van der Waals surface area contributed by atoms with Crippen LogP contribution in [0.2, 0.25) is 0 Å². The van der Waals surface area contributed by atoms with Crippen LogP contribution in [0.25, 0.3) is 0 Å². The van der Waals surface area contributed by atoms with Crippen molar-refractivity contribution in [2.75, 3.05) is 58.6 Å². The molecule has 0 atom stereocenters. The van der Waals surface area contributed by atoms with E-state index >= 15 is 0 Å². The van der Waals surface area contributed by atoms with Crippen LogP contribution in [-0.2, 0) is 10.0 Å². The van der Waals surface area contributed by atoms with Crippen molar-refractivity contribution in [2.24, 2.45) is 0 Å². The summed E-state index contributed by atoms with van der Waals surface area (Å²) >= 11 is 0. The normalized spacial score (nSPS) is 24.7. The molecule has 0 spiro atoms. The Morgan fingerprint density at radius 1 is 0.895 bits per heavy atom. The molecule has 6 heteroatoms. The molecule has 19 heavy (non-hydrogen) atoms. The van der Waals surface area contributed by atoms with Crippen LogP contribution in [0.5, 0.6) is 0 Å². The average molecular weight is 289 g/mol. The summed E-state index contributed by atoms with van der Waals surface area (Å²) in [5.74, 6) is 0.313. The van der Waals surface area contributed by atoms with Gasteiger partial charge in [-0.15, -0.1) is 0 Å². The van der Waals surface area contributed by atoms with Crippen LogP contribution in [0, 0.1) is 0 Å². The molecule has 0 saturated carbocycles. The Hall–Kier alpha value is -0.170. The predicted molar refractivity (Wildman–Crippen MR) is 77.8 cm³/mol. The molecule has 2 aliphatic heterocycles. The fourth-order valence-electron chi connectivity index (χ4n) is 2.85. The molecule has 0 aliphatic carbocycles. The monoisotopic (exact) mass is 289 g/mol. The van der Waals surface area contributed by atoms with E-state index in [4.69, 9.17) is 0 Å². The minimum Gasteiger partial charge on any atom is -0.304 e. The molecule has 5 nitrogen and oxygen atoms in total. The first-order valence-corrected chi connectivity index (χ1v) is 9.07. The number of rotatable bonds is 5. The first-order chi connectivity index (χ1) is 9.08. The van der Waals surface area contributed by atoms with E-state index in [1.165, 1.54) is 19.3 Å². The van der Waals surface area contributed by atoms with E-state index in [2.05, 4.69) is 9.80 Å². The van der Waals surface area contributed by atoms with E-state index in [0.29, 0.717) is 18.8 Å². The summed E-state index contributed by atoms with van der Waals surface area (Å²) in [7, 11) is -0.986. The SMILES string of the molecule is CN1CCN(S(=O)(=O)CCCN2CCCCC2)CC1. The van der Waals surface area contributed by atoms with Crippen LogP contribution < -0.4 is 0 Å². The van der Waals surface area contributed by atoms with Gasteiger partial charge in [-0.05, 0) is 45.9 Å². The summed E-state index contributed by atoms with van der Waals surface area (Å²) in [5.41, 5.74) is 0. The highest BCUT2D eigenvalue weighted by Crippen LogP contribution is 2.11. The van der Waals surface area contributed by atoms with Gasteiger partial charge in [-0.2, -0.15) is 4.31 Å². The van der Waals surface area contributed by atoms with E-state index in [-0.39, 0.29) is 0 Å². The van der Waals surface area contributed by atoms with Crippen LogP contribution in [0.3, 0.4) is 0 Å². The van der Waals surface area contributed by atoms with Gasteiger partial charge in [0.1, 0.15) is 0 Å². The Bertz CT molecular complexity index is 358. The van der Waals surface area contributed by atoms with E-state index in [1.54, 1.807) is 4.31 Å². The highest BCUT2D eigenvalue weighted by molar-refractivity contribution is 7.89. The van der Waals surface area contributed by atoms with Gasteiger partial charge in [0.25, 0.3) is 0 Å². The Kier molecular flexibility index (Phi) is 5.62. The van der Waals surface area contributed by atoms with E-state index in [1.807, 2.05) is 7.05 Å². The number of piperidine rings is 1. The van der Waals surface area contributed by atoms with Gasteiger partial charge in [-0.25, -0.2) is 8.42 Å². The Balaban J connectivity index is 1.71. The topological polar surface area (TPSA) is 43.9 Å². The zero-order valence-corrected chi connectivity index (χ0v) is 12.9. The Labute approximate surface area is 117 Å². The lowest BCUT2D eigenvalue weighted by Gasteiger charge is -2.32. The molecule has 2 fully saturated rings. The van der Waals surface area contributed by atoms with Gasteiger partial charge in [0, 0.05) is 26.2 Å². The molecule has 0 aromatic carbocycles. The van der Waals surface area contributed by atoms with Crippen molar-refractivity contribution in [1.82, 2.24) is 14.1 Å². The maximum atomic E-state index is 12.2. The smallest absolute Gasteiger partial charge is 0.214 e. The second-order valence-corrected chi connectivity index (χ2v) is 7.86. The molecule has 0 N–H and O–H groups in total. The fourth-order valence-corrected chi connectivity index (χ4v) is 4.32. The summed E-state index contributed by atoms with van der Waals surface area (Å²) in [4.78, 5) is 4.59.